The Morgan fingerprint density at radius 2 is 1.83 bits per heavy atom. The van der Waals surface area contributed by atoms with Crippen molar-refractivity contribution in [2.75, 3.05) is 6.61 Å². The van der Waals surface area contributed by atoms with Crippen LogP contribution in [0.25, 0.3) is 0 Å². The van der Waals surface area contributed by atoms with Crippen LogP contribution in [-0.2, 0) is 22.8 Å². The van der Waals surface area contributed by atoms with Crippen LogP contribution < -0.4 is 0 Å². The molecule has 37 valence electrons. The maximum atomic E-state index is 8.61. The van der Waals surface area contributed by atoms with Gasteiger partial charge in [0.25, 0.3) is 0 Å². The van der Waals surface area contributed by atoms with E-state index in [1.165, 1.54) is 0 Å². The molecule has 4 heteroatoms. The van der Waals surface area contributed by atoms with Crippen molar-refractivity contribution in [3.05, 3.63) is 0 Å². The van der Waals surface area contributed by atoms with Gasteiger partial charge in [-0.2, -0.15) is 0 Å². The quantitative estimate of drug-likeness (QED) is 0.424. The summed E-state index contributed by atoms with van der Waals surface area (Å²) in [5.41, 5.74) is 0. The average molecular weight is 127 g/mol. The number of hydrogen-bond donors (Lipinski definition) is 2. The molecule has 0 heterocycles. The molecule has 0 aliphatic heterocycles. The van der Waals surface area contributed by atoms with Crippen LogP contribution in [0.3, 0.4) is 0 Å². The van der Waals surface area contributed by atoms with Gasteiger partial charge in [-0.1, -0.05) is 0 Å². The molecule has 0 amide bonds. The number of aliphatic hydroxyl groups excluding tert-OH is 1. The first-order valence-corrected chi connectivity index (χ1v) is 2.79. The third-order valence-electron chi connectivity index (χ3n) is 0. The fraction of sp³-hybridized carbons (Fsp3) is 1.00. The van der Waals surface area contributed by atoms with E-state index in [0.29, 0.717) is 0 Å². The Labute approximate surface area is 45.7 Å². The normalized spacial score (nSPS) is 4.50. The summed E-state index contributed by atoms with van der Waals surface area (Å²) < 4.78 is 15.8. The molecule has 0 spiro atoms. The molecule has 0 saturated carbocycles. The van der Waals surface area contributed by atoms with Crippen LogP contribution in [-0.4, -0.2) is 15.4 Å². The van der Waals surface area contributed by atoms with Crippen molar-refractivity contribution in [3.8, 4) is 0 Å². The first-order valence-electron chi connectivity index (χ1n) is 1.45. The minimum atomic E-state index is -1.75. The molecular weight excluding hydrogens is 120 g/mol. The maximum absolute atomic E-state index is 8.61. The molecular formula is C2H7O3Ti. The zero-order chi connectivity index (χ0) is 5.41. The van der Waals surface area contributed by atoms with E-state index < -0.39 is 19.5 Å². The Balaban J connectivity index is 0. The van der Waals surface area contributed by atoms with E-state index in [-0.39, 0.29) is 6.61 Å². The van der Waals surface area contributed by atoms with Gasteiger partial charge in [-0.15, -0.1) is 0 Å². The van der Waals surface area contributed by atoms with Crippen molar-refractivity contribution in [2.45, 2.75) is 6.92 Å². The standard InChI is InChI=1S/C2H6O.H2O.O.Ti/c1-2-3;;;/h3H,2H2,1H3;1H2;;/q;;;+1/p-1. The van der Waals surface area contributed by atoms with Gasteiger partial charge in [-0.25, -0.2) is 0 Å². The van der Waals surface area contributed by atoms with Gasteiger partial charge in [0.2, 0.25) is 0 Å². The third kappa shape index (κ3) is 277. The van der Waals surface area contributed by atoms with Crippen molar-refractivity contribution in [1.82, 2.24) is 0 Å². The molecule has 0 rings (SSSR count). The van der Waals surface area contributed by atoms with E-state index in [4.69, 9.17) is 12.1 Å². The number of hydrogen-bond acceptors (Lipinski definition) is 2. The fourth-order valence-electron chi connectivity index (χ4n) is 0. The predicted octanol–water partition coefficient (Wildman–Crippen LogP) is -0.680. The summed E-state index contributed by atoms with van der Waals surface area (Å²) >= 11 is -1.75. The van der Waals surface area contributed by atoms with Gasteiger partial charge in [-0.3, -0.25) is 0 Å². The van der Waals surface area contributed by atoms with Crippen LogP contribution in [0.2, 0.25) is 0 Å². The number of rotatable bonds is 0. The molecule has 0 unspecified atom stereocenters. The monoisotopic (exact) mass is 127 g/mol. The second-order valence-corrected chi connectivity index (χ2v) is 0.693. The third-order valence-corrected chi connectivity index (χ3v) is 0. The summed E-state index contributed by atoms with van der Waals surface area (Å²) in [5.74, 6) is 0. The van der Waals surface area contributed by atoms with Gasteiger partial charge in [0.15, 0.2) is 0 Å². The van der Waals surface area contributed by atoms with E-state index in [9.17, 15) is 0 Å². The Morgan fingerprint density at radius 1 is 1.83 bits per heavy atom. The van der Waals surface area contributed by atoms with Gasteiger partial charge < -0.3 is 5.11 Å². The van der Waals surface area contributed by atoms with Crippen LogP contribution in [0.15, 0.2) is 0 Å². The SMILES string of the molecule is CCO.[O]=[Ti][OH]. The predicted molar refractivity (Wildman–Crippen MR) is 15.7 cm³/mol. The van der Waals surface area contributed by atoms with Crippen molar-refractivity contribution < 1.29 is 31.6 Å². The van der Waals surface area contributed by atoms with Crippen LogP contribution in [0, 0.1) is 0 Å². The van der Waals surface area contributed by atoms with Crippen molar-refractivity contribution in [2.24, 2.45) is 0 Å². The molecule has 0 aromatic carbocycles. The minimum absolute atomic E-state index is 0.250. The summed E-state index contributed by atoms with van der Waals surface area (Å²) in [6.45, 7) is 1.93. The van der Waals surface area contributed by atoms with Gasteiger partial charge in [0, 0.05) is 6.61 Å². The zero-order valence-electron chi connectivity index (χ0n) is 3.51. The van der Waals surface area contributed by atoms with Crippen LogP contribution >= 0.6 is 0 Å². The molecule has 6 heavy (non-hydrogen) atoms. The van der Waals surface area contributed by atoms with Crippen molar-refractivity contribution in [1.29, 1.82) is 0 Å². The summed E-state index contributed by atoms with van der Waals surface area (Å²) in [6, 6.07) is 0. The molecule has 0 aromatic rings. The van der Waals surface area contributed by atoms with Gasteiger partial charge in [0.1, 0.15) is 0 Å². The van der Waals surface area contributed by atoms with E-state index >= 15 is 0 Å². The summed E-state index contributed by atoms with van der Waals surface area (Å²) in [4.78, 5) is 0. The molecule has 0 fully saturated rings. The molecule has 0 aliphatic carbocycles. The average Bonchev–Trinajstić information content (AvgIpc) is 1.39. The first kappa shape index (κ1) is 9.66. The fourth-order valence-corrected chi connectivity index (χ4v) is 0. The van der Waals surface area contributed by atoms with E-state index in [1.54, 1.807) is 6.92 Å². The molecule has 2 N–H and O–H groups in total. The Morgan fingerprint density at radius 3 is 1.83 bits per heavy atom. The van der Waals surface area contributed by atoms with Crippen molar-refractivity contribution in [3.63, 3.8) is 0 Å². The topological polar surface area (TPSA) is 57.5 Å². The second-order valence-electron chi connectivity index (χ2n) is 0.408. The first-order chi connectivity index (χ1) is 2.83. The summed E-state index contributed by atoms with van der Waals surface area (Å²) in [7, 11) is 0. The molecule has 0 bridgehead atoms. The van der Waals surface area contributed by atoms with Crippen LogP contribution in [0.1, 0.15) is 6.92 Å². The molecule has 0 saturated heterocycles. The second kappa shape index (κ2) is 18.0. The Bertz CT molecular complexity index is 22.8. The summed E-state index contributed by atoms with van der Waals surface area (Å²) in [6.07, 6.45) is 0. The molecule has 3 nitrogen and oxygen atoms in total. The molecule has 0 radical (unpaired) electrons. The van der Waals surface area contributed by atoms with E-state index in [1.807, 2.05) is 0 Å². The van der Waals surface area contributed by atoms with E-state index in [0.717, 1.165) is 0 Å². The molecule has 0 aliphatic rings. The Hall–Kier alpha value is 0.434. The number of aliphatic hydroxyl groups is 1. The van der Waals surface area contributed by atoms with Crippen molar-refractivity contribution >= 4 is 0 Å². The summed E-state index contributed by atoms with van der Waals surface area (Å²) in [5, 5.41) is 7.57. The zero-order valence-corrected chi connectivity index (χ0v) is 5.07. The molecule has 0 aromatic heterocycles. The van der Waals surface area contributed by atoms with Crippen LogP contribution in [0.5, 0.6) is 0 Å². The Kier molecular flexibility index (Phi) is 29.0. The van der Waals surface area contributed by atoms with Gasteiger partial charge >= 0.3 is 26.5 Å². The van der Waals surface area contributed by atoms with E-state index in [2.05, 4.69) is 0 Å². The molecule has 0 atom stereocenters. The van der Waals surface area contributed by atoms with Gasteiger partial charge in [0.05, 0.1) is 0 Å². The van der Waals surface area contributed by atoms with Gasteiger partial charge in [-0.05, 0) is 6.92 Å². The van der Waals surface area contributed by atoms with Crippen LogP contribution in [0.4, 0.5) is 0 Å².